The summed E-state index contributed by atoms with van der Waals surface area (Å²) >= 11 is 0. The molecule has 0 fully saturated rings. The van der Waals surface area contributed by atoms with Crippen LogP contribution in [0.1, 0.15) is 38.3 Å². The van der Waals surface area contributed by atoms with Crippen LogP contribution in [0.25, 0.3) is 0 Å². The van der Waals surface area contributed by atoms with E-state index in [0.717, 1.165) is 31.1 Å². The van der Waals surface area contributed by atoms with E-state index in [-0.39, 0.29) is 0 Å². The van der Waals surface area contributed by atoms with Crippen LogP contribution < -0.4 is 10.1 Å². The Hall–Kier alpha value is -1.02. The van der Waals surface area contributed by atoms with Crippen molar-refractivity contribution in [3.63, 3.8) is 0 Å². The van der Waals surface area contributed by atoms with E-state index in [1.165, 1.54) is 17.5 Å². The molecule has 1 heterocycles. The first kappa shape index (κ1) is 14.4. The molecular weight excluding hydrogens is 234 g/mol. The van der Waals surface area contributed by atoms with E-state index in [2.05, 4.69) is 51.3 Å². The Balaban J connectivity index is 1.94. The smallest absolute Gasteiger partial charge is 0.122 e. The third-order valence-corrected chi connectivity index (χ3v) is 4.55. The zero-order valence-corrected chi connectivity index (χ0v) is 12.7. The van der Waals surface area contributed by atoms with Gasteiger partial charge in [-0.3, -0.25) is 0 Å². The predicted molar refractivity (Wildman–Crippen MR) is 80.8 cm³/mol. The van der Waals surface area contributed by atoms with Crippen LogP contribution in [0.2, 0.25) is 0 Å². The Morgan fingerprint density at radius 2 is 2.05 bits per heavy atom. The highest BCUT2D eigenvalue weighted by atomic mass is 16.5. The van der Waals surface area contributed by atoms with Gasteiger partial charge in [0.1, 0.15) is 5.75 Å². The van der Waals surface area contributed by atoms with Crippen molar-refractivity contribution < 1.29 is 4.74 Å². The number of benzene rings is 1. The van der Waals surface area contributed by atoms with Crippen LogP contribution in [0.15, 0.2) is 18.2 Å². The van der Waals surface area contributed by atoms with E-state index >= 15 is 0 Å². The summed E-state index contributed by atoms with van der Waals surface area (Å²) in [6.07, 6.45) is 3.42. The minimum atomic E-state index is 0.601. The van der Waals surface area contributed by atoms with Crippen LogP contribution in [0, 0.1) is 11.8 Å². The molecule has 0 saturated heterocycles. The quantitative estimate of drug-likeness (QED) is 0.847. The largest absolute Gasteiger partial charge is 0.493 e. The molecule has 0 saturated carbocycles. The molecule has 1 aromatic rings. The Morgan fingerprint density at radius 3 is 2.74 bits per heavy atom. The lowest BCUT2D eigenvalue weighted by molar-refractivity contribution is 0.298. The van der Waals surface area contributed by atoms with Crippen LogP contribution in [0.3, 0.4) is 0 Å². The highest BCUT2D eigenvalue weighted by Crippen LogP contribution is 2.27. The zero-order chi connectivity index (χ0) is 13.8. The van der Waals surface area contributed by atoms with Crippen LogP contribution in [-0.4, -0.2) is 19.7 Å². The maximum Gasteiger partial charge on any atom is 0.122 e. The topological polar surface area (TPSA) is 21.3 Å². The van der Waals surface area contributed by atoms with Gasteiger partial charge in [-0.25, -0.2) is 0 Å². The van der Waals surface area contributed by atoms with Crippen molar-refractivity contribution in [3.05, 3.63) is 29.3 Å². The lowest BCUT2D eigenvalue weighted by Gasteiger charge is -2.26. The fourth-order valence-corrected chi connectivity index (χ4v) is 2.85. The second-order valence-corrected chi connectivity index (χ2v) is 6.08. The molecule has 1 aliphatic heterocycles. The minimum absolute atomic E-state index is 0.601. The first-order valence-corrected chi connectivity index (χ1v) is 7.53. The number of aryl methyl sites for hydroxylation is 1. The lowest BCUT2D eigenvalue weighted by atomic mass is 9.87. The van der Waals surface area contributed by atoms with Gasteiger partial charge in [-0.1, -0.05) is 32.9 Å². The van der Waals surface area contributed by atoms with Gasteiger partial charge in [-0.15, -0.1) is 0 Å². The minimum Gasteiger partial charge on any atom is -0.493 e. The van der Waals surface area contributed by atoms with Crippen molar-refractivity contribution in [1.82, 2.24) is 5.32 Å². The Kier molecular flexibility index (Phi) is 4.87. The molecule has 106 valence electrons. The molecule has 2 rings (SSSR count). The van der Waals surface area contributed by atoms with Crippen molar-refractivity contribution in [2.45, 2.75) is 46.1 Å². The van der Waals surface area contributed by atoms with Crippen molar-refractivity contribution in [2.75, 3.05) is 13.7 Å². The molecule has 2 atom stereocenters. The van der Waals surface area contributed by atoms with Gasteiger partial charge in [0, 0.05) is 12.5 Å². The van der Waals surface area contributed by atoms with Gasteiger partial charge in [-0.2, -0.15) is 0 Å². The molecule has 0 aliphatic carbocycles. The van der Waals surface area contributed by atoms with Gasteiger partial charge in [0.25, 0.3) is 0 Å². The third-order valence-electron chi connectivity index (χ3n) is 4.55. The third kappa shape index (κ3) is 3.50. The number of fused-ring (bicyclic) bond motifs is 1. The SMILES string of the molecule is CNC(CCc1ccc2c(c1)CCO2)C(C)C(C)C. The van der Waals surface area contributed by atoms with Gasteiger partial charge in [0.15, 0.2) is 0 Å². The van der Waals surface area contributed by atoms with E-state index < -0.39 is 0 Å². The molecule has 1 aromatic carbocycles. The fraction of sp³-hybridized carbons (Fsp3) is 0.647. The highest BCUT2D eigenvalue weighted by Gasteiger charge is 2.19. The molecular formula is C17H27NO. The van der Waals surface area contributed by atoms with E-state index in [1.54, 1.807) is 0 Å². The van der Waals surface area contributed by atoms with E-state index in [9.17, 15) is 0 Å². The Bertz CT molecular complexity index is 414. The number of hydrogen-bond acceptors (Lipinski definition) is 2. The molecule has 0 bridgehead atoms. The van der Waals surface area contributed by atoms with Gasteiger partial charge >= 0.3 is 0 Å². The van der Waals surface area contributed by atoms with Crippen molar-refractivity contribution >= 4 is 0 Å². The maximum absolute atomic E-state index is 5.56. The molecule has 0 aromatic heterocycles. The summed E-state index contributed by atoms with van der Waals surface area (Å²) in [5.41, 5.74) is 2.83. The fourth-order valence-electron chi connectivity index (χ4n) is 2.85. The summed E-state index contributed by atoms with van der Waals surface area (Å²) in [5, 5.41) is 3.48. The molecule has 2 heteroatoms. The number of rotatable bonds is 6. The molecule has 0 amide bonds. The van der Waals surface area contributed by atoms with Crippen molar-refractivity contribution in [3.8, 4) is 5.75 Å². The summed E-state index contributed by atoms with van der Waals surface area (Å²) < 4.78 is 5.56. The van der Waals surface area contributed by atoms with Crippen LogP contribution in [0.4, 0.5) is 0 Å². The lowest BCUT2D eigenvalue weighted by Crippen LogP contribution is -2.35. The summed E-state index contributed by atoms with van der Waals surface area (Å²) in [6.45, 7) is 7.81. The second-order valence-electron chi connectivity index (χ2n) is 6.08. The average Bonchev–Trinajstić information content (AvgIpc) is 2.86. The van der Waals surface area contributed by atoms with Gasteiger partial charge < -0.3 is 10.1 Å². The molecule has 2 nitrogen and oxygen atoms in total. The van der Waals surface area contributed by atoms with Crippen LogP contribution >= 0.6 is 0 Å². The highest BCUT2D eigenvalue weighted by molar-refractivity contribution is 5.39. The Labute approximate surface area is 117 Å². The summed E-state index contributed by atoms with van der Waals surface area (Å²) in [7, 11) is 2.08. The molecule has 2 unspecified atom stereocenters. The second kappa shape index (κ2) is 6.42. The number of hydrogen-bond donors (Lipinski definition) is 1. The molecule has 19 heavy (non-hydrogen) atoms. The predicted octanol–water partition coefficient (Wildman–Crippen LogP) is 3.43. The molecule has 0 radical (unpaired) electrons. The zero-order valence-electron chi connectivity index (χ0n) is 12.7. The van der Waals surface area contributed by atoms with Gasteiger partial charge in [-0.05, 0) is 48.9 Å². The van der Waals surface area contributed by atoms with E-state index in [0.29, 0.717) is 12.0 Å². The van der Waals surface area contributed by atoms with Crippen molar-refractivity contribution in [1.29, 1.82) is 0 Å². The van der Waals surface area contributed by atoms with Crippen LogP contribution in [0.5, 0.6) is 5.75 Å². The average molecular weight is 261 g/mol. The summed E-state index contributed by atoms with van der Waals surface area (Å²) in [6, 6.07) is 7.29. The number of ether oxygens (including phenoxy) is 1. The van der Waals surface area contributed by atoms with Gasteiger partial charge in [0.2, 0.25) is 0 Å². The molecule has 1 aliphatic rings. The normalized spacial score (nSPS) is 17.1. The first-order valence-electron chi connectivity index (χ1n) is 7.53. The Morgan fingerprint density at radius 1 is 1.26 bits per heavy atom. The van der Waals surface area contributed by atoms with Crippen LogP contribution in [-0.2, 0) is 12.8 Å². The molecule has 1 N–H and O–H groups in total. The van der Waals surface area contributed by atoms with E-state index in [1.807, 2.05) is 0 Å². The first-order chi connectivity index (χ1) is 9.11. The standard InChI is InChI=1S/C17H27NO/c1-12(2)13(3)16(18-4)7-5-14-6-8-17-15(11-14)9-10-19-17/h6,8,11-13,16,18H,5,7,9-10H2,1-4H3. The summed E-state index contributed by atoms with van der Waals surface area (Å²) in [5.74, 6) is 2.53. The van der Waals surface area contributed by atoms with E-state index in [4.69, 9.17) is 4.74 Å². The van der Waals surface area contributed by atoms with Crippen molar-refractivity contribution in [2.24, 2.45) is 11.8 Å². The monoisotopic (exact) mass is 261 g/mol. The maximum atomic E-state index is 5.56. The molecule has 0 spiro atoms. The number of nitrogens with one attached hydrogen (secondary N) is 1. The van der Waals surface area contributed by atoms with Gasteiger partial charge in [0.05, 0.1) is 6.61 Å². The summed E-state index contributed by atoms with van der Waals surface area (Å²) in [4.78, 5) is 0.